The fraction of sp³-hybridized carbons (Fsp3) is 0.562. The Morgan fingerprint density at radius 2 is 1.78 bits per heavy atom. The molecule has 1 rings (SSSR count). The van der Waals surface area contributed by atoms with Crippen LogP contribution in [-0.2, 0) is 16.3 Å². The molecule has 0 bridgehead atoms. The van der Waals surface area contributed by atoms with E-state index in [1.54, 1.807) is 12.1 Å². The summed E-state index contributed by atoms with van der Waals surface area (Å²) >= 11 is 0. The zero-order chi connectivity index (χ0) is 16.4. The molecule has 0 saturated carbocycles. The molecule has 0 amide bonds. The van der Waals surface area contributed by atoms with Gasteiger partial charge in [0.15, 0.2) is 15.8 Å². The van der Waals surface area contributed by atoms with E-state index in [-0.39, 0.29) is 24.0 Å². The van der Waals surface area contributed by atoms with Crippen molar-refractivity contribution in [2.45, 2.75) is 38.0 Å². The Kier molecular flexibility index (Phi) is 11.2. The molecule has 0 saturated heterocycles. The highest BCUT2D eigenvalue weighted by molar-refractivity contribution is 14.0. The van der Waals surface area contributed by atoms with Gasteiger partial charge in [-0.2, -0.15) is 0 Å². The largest absolute Gasteiger partial charge is 0.357 e. The average Bonchev–Trinajstić information content (AvgIpc) is 2.47. The Labute approximate surface area is 157 Å². The van der Waals surface area contributed by atoms with E-state index >= 15 is 0 Å². The molecule has 0 radical (unpaired) electrons. The first-order valence-electron chi connectivity index (χ1n) is 7.78. The molecular formula is C16H28IN3O2S. The second kappa shape index (κ2) is 11.7. The van der Waals surface area contributed by atoms with Gasteiger partial charge in [0.05, 0.1) is 4.90 Å². The molecule has 0 unspecified atom stereocenters. The maximum absolute atomic E-state index is 11.4. The standard InChI is InChI=1S/C16H27N3O2S.HI/c1-4-6-12-18-16(17-5-2)19-13-11-14-7-9-15(10-8-14)22(3,20)21;/h7-10H,4-6,11-13H2,1-3H3,(H2,17,18,19);1H. The summed E-state index contributed by atoms with van der Waals surface area (Å²) in [6.07, 6.45) is 4.26. The zero-order valence-electron chi connectivity index (χ0n) is 14.1. The van der Waals surface area contributed by atoms with Crippen molar-refractivity contribution in [1.82, 2.24) is 10.6 Å². The third-order valence-corrected chi connectivity index (χ3v) is 4.31. The number of unbranched alkanes of at least 4 members (excludes halogenated alkanes) is 1. The Bertz CT molecular complexity index is 571. The lowest BCUT2D eigenvalue weighted by Gasteiger charge is -2.11. The second-order valence-electron chi connectivity index (χ2n) is 5.21. The number of sulfone groups is 1. The van der Waals surface area contributed by atoms with Crippen LogP contribution in [-0.4, -0.2) is 40.3 Å². The number of benzene rings is 1. The number of nitrogens with zero attached hydrogens (tertiary/aromatic N) is 1. The zero-order valence-corrected chi connectivity index (χ0v) is 17.3. The fourth-order valence-electron chi connectivity index (χ4n) is 1.92. The first-order valence-corrected chi connectivity index (χ1v) is 9.67. The molecule has 132 valence electrons. The van der Waals surface area contributed by atoms with Crippen molar-refractivity contribution in [3.05, 3.63) is 29.8 Å². The van der Waals surface area contributed by atoms with E-state index in [1.165, 1.54) is 6.26 Å². The van der Waals surface area contributed by atoms with Crippen molar-refractivity contribution in [3.8, 4) is 0 Å². The van der Waals surface area contributed by atoms with Crippen LogP contribution in [0.5, 0.6) is 0 Å². The van der Waals surface area contributed by atoms with Gasteiger partial charge in [-0.3, -0.25) is 4.99 Å². The van der Waals surface area contributed by atoms with Crippen LogP contribution in [0.15, 0.2) is 34.2 Å². The minimum Gasteiger partial charge on any atom is -0.357 e. The first-order chi connectivity index (χ1) is 10.5. The van der Waals surface area contributed by atoms with Gasteiger partial charge in [0, 0.05) is 25.9 Å². The molecular weight excluding hydrogens is 425 g/mol. The van der Waals surface area contributed by atoms with Gasteiger partial charge in [0.2, 0.25) is 0 Å². The van der Waals surface area contributed by atoms with Crippen molar-refractivity contribution in [3.63, 3.8) is 0 Å². The molecule has 1 aromatic rings. The van der Waals surface area contributed by atoms with Crippen LogP contribution >= 0.6 is 24.0 Å². The molecule has 0 atom stereocenters. The first kappa shape index (κ1) is 22.2. The SMILES string of the molecule is CCCCN=C(NCC)NCCc1ccc(S(C)(=O)=O)cc1.I. The Balaban J connectivity index is 0.00000484. The summed E-state index contributed by atoms with van der Waals surface area (Å²) in [6.45, 7) is 6.61. The van der Waals surface area contributed by atoms with Crippen LogP contribution in [0, 0.1) is 0 Å². The van der Waals surface area contributed by atoms with Crippen LogP contribution in [0.4, 0.5) is 0 Å². The molecule has 5 nitrogen and oxygen atoms in total. The third-order valence-electron chi connectivity index (χ3n) is 3.18. The highest BCUT2D eigenvalue weighted by atomic mass is 127. The van der Waals surface area contributed by atoms with E-state index < -0.39 is 9.84 Å². The second-order valence-corrected chi connectivity index (χ2v) is 7.22. The lowest BCUT2D eigenvalue weighted by molar-refractivity contribution is 0.602. The van der Waals surface area contributed by atoms with Crippen molar-refractivity contribution in [1.29, 1.82) is 0 Å². The third kappa shape index (κ3) is 9.14. The quantitative estimate of drug-likeness (QED) is 0.275. The monoisotopic (exact) mass is 453 g/mol. The van der Waals surface area contributed by atoms with Crippen molar-refractivity contribution in [2.24, 2.45) is 4.99 Å². The molecule has 0 aliphatic carbocycles. The van der Waals surface area contributed by atoms with Gasteiger partial charge in [-0.15, -0.1) is 24.0 Å². The summed E-state index contributed by atoms with van der Waals surface area (Å²) in [4.78, 5) is 4.86. The van der Waals surface area contributed by atoms with Crippen LogP contribution in [0.3, 0.4) is 0 Å². The van der Waals surface area contributed by atoms with E-state index in [1.807, 2.05) is 19.1 Å². The minimum atomic E-state index is -3.12. The molecule has 1 aromatic carbocycles. The summed E-state index contributed by atoms with van der Waals surface area (Å²) in [6, 6.07) is 7.04. The van der Waals surface area contributed by atoms with Crippen LogP contribution in [0.2, 0.25) is 0 Å². The van der Waals surface area contributed by atoms with Gasteiger partial charge in [0.25, 0.3) is 0 Å². The molecule has 23 heavy (non-hydrogen) atoms. The number of hydrogen-bond acceptors (Lipinski definition) is 3. The molecule has 0 aliphatic heterocycles. The van der Waals surface area contributed by atoms with Gasteiger partial charge in [0.1, 0.15) is 0 Å². The number of hydrogen-bond donors (Lipinski definition) is 2. The van der Waals surface area contributed by atoms with Gasteiger partial charge in [-0.1, -0.05) is 25.5 Å². The van der Waals surface area contributed by atoms with Crippen LogP contribution in [0.1, 0.15) is 32.3 Å². The van der Waals surface area contributed by atoms with Gasteiger partial charge >= 0.3 is 0 Å². The molecule has 0 fully saturated rings. The summed E-state index contributed by atoms with van der Waals surface area (Å²) in [5, 5.41) is 6.51. The molecule has 0 aliphatic rings. The Hall–Kier alpha value is -0.830. The van der Waals surface area contributed by atoms with E-state index in [9.17, 15) is 8.42 Å². The normalized spacial score (nSPS) is 11.7. The minimum absolute atomic E-state index is 0. The van der Waals surface area contributed by atoms with Gasteiger partial charge in [-0.05, 0) is 37.5 Å². The summed E-state index contributed by atoms with van der Waals surface area (Å²) in [5.41, 5.74) is 1.10. The molecule has 0 spiro atoms. The van der Waals surface area contributed by atoms with Gasteiger partial charge < -0.3 is 10.6 Å². The molecule has 0 heterocycles. The van der Waals surface area contributed by atoms with Crippen molar-refractivity contribution in [2.75, 3.05) is 25.9 Å². The molecule has 2 N–H and O–H groups in total. The Morgan fingerprint density at radius 1 is 1.13 bits per heavy atom. The van der Waals surface area contributed by atoms with E-state index in [2.05, 4.69) is 22.5 Å². The number of halogens is 1. The van der Waals surface area contributed by atoms with Crippen molar-refractivity contribution < 1.29 is 8.42 Å². The predicted octanol–water partition coefficient (Wildman–Crippen LogP) is 2.61. The number of rotatable bonds is 8. The number of nitrogens with one attached hydrogen (secondary N) is 2. The maximum Gasteiger partial charge on any atom is 0.191 e. The highest BCUT2D eigenvalue weighted by Gasteiger charge is 2.06. The van der Waals surface area contributed by atoms with Crippen LogP contribution in [0.25, 0.3) is 0 Å². The van der Waals surface area contributed by atoms with E-state index in [0.717, 1.165) is 50.4 Å². The Morgan fingerprint density at radius 3 is 2.30 bits per heavy atom. The summed E-state index contributed by atoms with van der Waals surface area (Å²) in [7, 11) is -3.12. The number of aliphatic imine (C=N–C) groups is 1. The number of guanidine groups is 1. The predicted molar refractivity (Wildman–Crippen MR) is 108 cm³/mol. The van der Waals surface area contributed by atoms with E-state index in [4.69, 9.17) is 0 Å². The average molecular weight is 453 g/mol. The van der Waals surface area contributed by atoms with Crippen molar-refractivity contribution >= 4 is 39.8 Å². The smallest absolute Gasteiger partial charge is 0.191 e. The van der Waals surface area contributed by atoms with E-state index in [0.29, 0.717) is 4.90 Å². The molecule has 7 heteroatoms. The lowest BCUT2D eigenvalue weighted by Crippen LogP contribution is -2.38. The lowest BCUT2D eigenvalue weighted by atomic mass is 10.1. The topological polar surface area (TPSA) is 70.6 Å². The fourth-order valence-corrected chi connectivity index (χ4v) is 2.55. The summed E-state index contributed by atoms with van der Waals surface area (Å²) < 4.78 is 22.8. The highest BCUT2D eigenvalue weighted by Crippen LogP contribution is 2.10. The summed E-state index contributed by atoms with van der Waals surface area (Å²) in [5.74, 6) is 0.837. The van der Waals surface area contributed by atoms with Gasteiger partial charge in [-0.25, -0.2) is 8.42 Å². The maximum atomic E-state index is 11.4. The molecule has 0 aromatic heterocycles. The van der Waals surface area contributed by atoms with Crippen LogP contribution < -0.4 is 10.6 Å².